The fourth-order valence-corrected chi connectivity index (χ4v) is 4.80. The third kappa shape index (κ3) is 5.02. The smallest absolute Gasteiger partial charge is 0.243 e. The van der Waals surface area contributed by atoms with Crippen molar-refractivity contribution in [2.75, 3.05) is 26.2 Å². The highest BCUT2D eigenvalue weighted by Gasteiger charge is 2.30. The molecule has 0 bridgehead atoms. The van der Waals surface area contributed by atoms with Crippen LogP contribution in [0.15, 0.2) is 27.6 Å². The predicted octanol–water partition coefficient (Wildman–Crippen LogP) is 2.10. The normalized spacial score (nSPS) is 15.6. The third-order valence-corrected chi connectivity index (χ3v) is 7.14. The number of amides is 1. The summed E-state index contributed by atoms with van der Waals surface area (Å²) in [5.41, 5.74) is 2.01. The largest absolute Gasteiger partial charge is 0.340 e. The van der Waals surface area contributed by atoms with Crippen molar-refractivity contribution in [1.82, 2.24) is 19.3 Å². The Hall–Kier alpha value is -2.26. The van der Waals surface area contributed by atoms with E-state index in [4.69, 9.17) is 4.52 Å². The van der Waals surface area contributed by atoms with Crippen molar-refractivity contribution in [3.05, 3.63) is 41.0 Å². The lowest BCUT2D eigenvalue weighted by molar-refractivity contribution is -0.132. The van der Waals surface area contributed by atoms with E-state index in [1.165, 1.54) is 4.31 Å². The lowest BCUT2D eigenvalue weighted by atomic mass is 10.1. The topological polar surface area (TPSA) is 96.6 Å². The molecular formula is C20H28N4O4S. The summed E-state index contributed by atoms with van der Waals surface area (Å²) >= 11 is 0. The van der Waals surface area contributed by atoms with E-state index in [1.807, 2.05) is 26.8 Å². The molecule has 0 radical (unpaired) electrons. The van der Waals surface area contributed by atoms with E-state index in [9.17, 15) is 13.2 Å². The Labute approximate surface area is 171 Å². The van der Waals surface area contributed by atoms with Gasteiger partial charge in [0.2, 0.25) is 21.8 Å². The number of sulfonamides is 1. The van der Waals surface area contributed by atoms with Crippen LogP contribution in [0, 0.1) is 13.8 Å². The van der Waals surface area contributed by atoms with E-state index in [-0.39, 0.29) is 12.3 Å². The Morgan fingerprint density at radius 3 is 2.48 bits per heavy atom. The number of aromatic nitrogens is 2. The molecule has 0 saturated carbocycles. The van der Waals surface area contributed by atoms with Crippen molar-refractivity contribution in [2.24, 2.45) is 0 Å². The number of carbonyl (C=O) groups excluding carboxylic acids is 1. The minimum atomic E-state index is -3.55. The quantitative estimate of drug-likeness (QED) is 0.681. The van der Waals surface area contributed by atoms with Crippen LogP contribution in [-0.4, -0.2) is 59.8 Å². The zero-order chi connectivity index (χ0) is 21.0. The number of benzene rings is 1. The third-order valence-electron chi connectivity index (χ3n) is 5.24. The van der Waals surface area contributed by atoms with Gasteiger partial charge in [0.1, 0.15) is 0 Å². The number of piperazine rings is 1. The average Bonchev–Trinajstić information content (AvgIpc) is 3.16. The summed E-state index contributed by atoms with van der Waals surface area (Å²) < 4.78 is 32.4. The Balaban J connectivity index is 1.53. The molecule has 8 nitrogen and oxygen atoms in total. The van der Waals surface area contributed by atoms with Crippen molar-refractivity contribution < 1.29 is 17.7 Å². The average molecular weight is 421 g/mol. The van der Waals surface area contributed by atoms with Gasteiger partial charge in [0.25, 0.3) is 0 Å². The molecule has 1 aromatic carbocycles. The maximum Gasteiger partial charge on any atom is 0.243 e. The van der Waals surface area contributed by atoms with Crippen LogP contribution in [0.25, 0.3) is 0 Å². The highest BCUT2D eigenvalue weighted by atomic mass is 32.2. The first kappa shape index (κ1) is 21.4. The second-order valence-electron chi connectivity index (χ2n) is 7.39. The number of hydrogen-bond donors (Lipinski definition) is 0. The van der Waals surface area contributed by atoms with Crippen LogP contribution in [0.1, 0.15) is 42.6 Å². The monoisotopic (exact) mass is 420 g/mol. The summed E-state index contributed by atoms with van der Waals surface area (Å²) in [6.07, 6.45) is 2.37. The SMILES string of the molecule is CCCc1noc(CCC(=O)N2CCN(S(=O)(=O)c3ccc(C)c(C)c3)CC2)n1. The molecule has 158 valence electrons. The number of aryl methyl sites for hydroxylation is 4. The van der Waals surface area contributed by atoms with Gasteiger partial charge in [0.15, 0.2) is 5.82 Å². The molecule has 2 aromatic rings. The molecule has 1 amide bonds. The van der Waals surface area contributed by atoms with Gasteiger partial charge in [-0.1, -0.05) is 18.1 Å². The lowest BCUT2D eigenvalue weighted by Crippen LogP contribution is -2.50. The Morgan fingerprint density at radius 2 is 1.83 bits per heavy atom. The van der Waals surface area contributed by atoms with Gasteiger partial charge in [-0.25, -0.2) is 8.42 Å². The summed E-state index contributed by atoms with van der Waals surface area (Å²) in [5, 5.41) is 3.89. The minimum absolute atomic E-state index is 0.0246. The summed E-state index contributed by atoms with van der Waals surface area (Å²) in [6.45, 7) is 7.25. The molecule has 1 fully saturated rings. The van der Waals surface area contributed by atoms with Gasteiger partial charge >= 0.3 is 0 Å². The second-order valence-corrected chi connectivity index (χ2v) is 9.32. The fraction of sp³-hybridized carbons (Fsp3) is 0.550. The molecule has 1 aliphatic rings. The highest BCUT2D eigenvalue weighted by Crippen LogP contribution is 2.20. The lowest BCUT2D eigenvalue weighted by Gasteiger charge is -2.34. The second kappa shape index (κ2) is 9.04. The molecule has 0 atom stereocenters. The minimum Gasteiger partial charge on any atom is -0.340 e. The van der Waals surface area contributed by atoms with E-state index >= 15 is 0 Å². The van der Waals surface area contributed by atoms with Crippen LogP contribution in [0.4, 0.5) is 0 Å². The standard InChI is InChI=1S/C20H28N4O4S/c1-4-5-18-21-19(28-22-18)8-9-20(25)23-10-12-24(13-11-23)29(26,27)17-7-6-15(2)16(3)14-17/h6-7,14H,4-5,8-13H2,1-3H3. The van der Waals surface area contributed by atoms with E-state index in [2.05, 4.69) is 10.1 Å². The van der Waals surface area contributed by atoms with Crippen LogP contribution in [0.2, 0.25) is 0 Å². The summed E-state index contributed by atoms with van der Waals surface area (Å²) in [6, 6.07) is 5.18. The molecule has 3 rings (SSSR count). The first-order valence-electron chi connectivity index (χ1n) is 9.98. The molecule has 0 spiro atoms. The summed E-state index contributed by atoms with van der Waals surface area (Å²) in [4.78, 5) is 18.8. The van der Waals surface area contributed by atoms with Crippen molar-refractivity contribution >= 4 is 15.9 Å². The Bertz CT molecular complexity index is 963. The van der Waals surface area contributed by atoms with Gasteiger partial charge in [-0.2, -0.15) is 9.29 Å². The zero-order valence-electron chi connectivity index (χ0n) is 17.2. The number of carbonyl (C=O) groups is 1. The molecule has 1 saturated heterocycles. The van der Waals surface area contributed by atoms with Gasteiger partial charge in [-0.3, -0.25) is 4.79 Å². The van der Waals surface area contributed by atoms with Gasteiger partial charge in [0.05, 0.1) is 4.90 Å². The van der Waals surface area contributed by atoms with Crippen LogP contribution < -0.4 is 0 Å². The van der Waals surface area contributed by atoms with Crippen molar-refractivity contribution in [3.8, 4) is 0 Å². The van der Waals surface area contributed by atoms with E-state index in [0.29, 0.717) is 49.2 Å². The van der Waals surface area contributed by atoms with E-state index < -0.39 is 10.0 Å². The Kier molecular flexibility index (Phi) is 6.69. The first-order valence-corrected chi connectivity index (χ1v) is 11.4. The molecule has 0 unspecified atom stereocenters. The van der Waals surface area contributed by atoms with Crippen molar-refractivity contribution in [3.63, 3.8) is 0 Å². The molecule has 0 N–H and O–H groups in total. The molecular weight excluding hydrogens is 392 g/mol. The van der Waals surface area contributed by atoms with Gasteiger partial charge in [-0.05, 0) is 43.5 Å². The van der Waals surface area contributed by atoms with Crippen LogP contribution in [-0.2, 0) is 27.7 Å². The maximum absolute atomic E-state index is 12.9. The van der Waals surface area contributed by atoms with Crippen molar-refractivity contribution in [2.45, 2.75) is 51.3 Å². The fourth-order valence-electron chi connectivity index (χ4n) is 3.29. The molecule has 1 aromatic heterocycles. The van der Waals surface area contributed by atoms with E-state index in [1.54, 1.807) is 17.0 Å². The van der Waals surface area contributed by atoms with Crippen LogP contribution in [0.5, 0.6) is 0 Å². The molecule has 29 heavy (non-hydrogen) atoms. The van der Waals surface area contributed by atoms with Crippen LogP contribution >= 0.6 is 0 Å². The van der Waals surface area contributed by atoms with Crippen LogP contribution in [0.3, 0.4) is 0 Å². The number of nitrogens with zero attached hydrogens (tertiary/aromatic N) is 4. The van der Waals surface area contributed by atoms with E-state index in [0.717, 1.165) is 24.0 Å². The Morgan fingerprint density at radius 1 is 1.10 bits per heavy atom. The van der Waals surface area contributed by atoms with Crippen molar-refractivity contribution in [1.29, 1.82) is 0 Å². The molecule has 2 heterocycles. The number of rotatable bonds is 7. The zero-order valence-corrected chi connectivity index (χ0v) is 18.0. The summed E-state index contributed by atoms with van der Waals surface area (Å²) in [7, 11) is -3.55. The summed E-state index contributed by atoms with van der Waals surface area (Å²) in [5.74, 6) is 1.11. The van der Waals surface area contributed by atoms with Gasteiger partial charge in [-0.15, -0.1) is 0 Å². The first-order chi connectivity index (χ1) is 13.8. The highest BCUT2D eigenvalue weighted by molar-refractivity contribution is 7.89. The van der Waals surface area contributed by atoms with Gasteiger partial charge < -0.3 is 9.42 Å². The molecule has 1 aliphatic heterocycles. The molecule has 9 heteroatoms. The van der Waals surface area contributed by atoms with Gasteiger partial charge in [0, 0.05) is 45.4 Å². The molecule has 0 aliphatic carbocycles. The predicted molar refractivity (Wildman–Crippen MR) is 108 cm³/mol. The maximum atomic E-state index is 12.9. The number of hydrogen-bond acceptors (Lipinski definition) is 6.